The summed E-state index contributed by atoms with van der Waals surface area (Å²) >= 11 is 0. The van der Waals surface area contributed by atoms with Crippen molar-refractivity contribution < 1.29 is 36.9 Å². The molecule has 2 bridgehead atoms. The molecular formula is C24H27F4N3O4. The predicted octanol–water partition coefficient (Wildman–Crippen LogP) is 4.78. The van der Waals surface area contributed by atoms with E-state index in [4.69, 9.17) is 14.2 Å². The lowest BCUT2D eigenvalue weighted by atomic mass is 9.91. The maximum atomic E-state index is 14.6. The second-order valence-electron chi connectivity index (χ2n) is 9.30. The normalized spacial score (nSPS) is 25.9. The van der Waals surface area contributed by atoms with Gasteiger partial charge in [-0.15, -0.1) is 10.2 Å². The Bertz CT molecular complexity index is 1100. The summed E-state index contributed by atoms with van der Waals surface area (Å²) in [5.41, 5.74) is 0.408. The fourth-order valence-corrected chi connectivity index (χ4v) is 5.31. The van der Waals surface area contributed by atoms with E-state index in [0.717, 1.165) is 49.3 Å². The Morgan fingerprint density at radius 1 is 1.14 bits per heavy atom. The molecule has 3 aliphatic rings. The fourth-order valence-electron chi connectivity index (χ4n) is 5.31. The van der Waals surface area contributed by atoms with E-state index in [1.807, 2.05) is 0 Å². The van der Waals surface area contributed by atoms with Crippen LogP contribution >= 0.6 is 0 Å². The molecule has 2 fully saturated rings. The molecule has 0 unspecified atom stereocenters. The summed E-state index contributed by atoms with van der Waals surface area (Å²) in [6.45, 7) is -0.320. The van der Waals surface area contributed by atoms with E-state index in [1.165, 1.54) is 7.11 Å². The lowest BCUT2D eigenvalue weighted by Crippen LogP contribution is -2.37. The van der Waals surface area contributed by atoms with Crippen molar-refractivity contribution in [3.8, 4) is 17.0 Å². The number of rotatable bonds is 6. The molecule has 1 saturated heterocycles. The van der Waals surface area contributed by atoms with Gasteiger partial charge in [-0.2, -0.15) is 13.2 Å². The van der Waals surface area contributed by atoms with Crippen LogP contribution in [0, 0.1) is 5.82 Å². The number of ether oxygens (including phenoxy) is 3. The molecule has 2 aromatic rings. The Hall–Kier alpha value is -2.50. The van der Waals surface area contributed by atoms with Gasteiger partial charge in [0.15, 0.2) is 12.6 Å². The van der Waals surface area contributed by atoms with Gasteiger partial charge in [0.1, 0.15) is 17.3 Å². The van der Waals surface area contributed by atoms with Crippen molar-refractivity contribution in [1.29, 1.82) is 0 Å². The third-order valence-electron chi connectivity index (χ3n) is 6.99. The second kappa shape index (κ2) is 9.51. The molecule has 2 N–H and O–H groups in total. The molecule has 190 valence electrons. The Morgan fingerprint density at radius 3 is 2.69 bits per heavy atom. The Balaban J connectivity index is 1.62. The summed E-state index contributed by atoms with van der Waals surface area (Å²) in [6.07, 6.45) is -0.266. The van der Waals surface area contributed by atoms with Crippen LogP contribution < -0.4 is 10.1 Å². The number of aliphatic hydroxyl groups excluding tert-OH is 1. The van der Waals surface area contributed by atoms with Gasteiger partial charge in [0.05, 0.1) is 29.9 Å². The average molecular weight is 497 g/mol. The Labute approximate surface area is 199 Å². The van der Waals surface area contributed by atoms with Gasteiger partial charge in [-0.3, -0.25) is 0 Å². The van der Waals surface area contributed by atoms with Crippen LogP contribution in [0.2, 0.25) is 0 Å². The largest absolute Gasteiger partial charge is 0.467 e. The minimum atomic E-state index is -4.89. The van der Waals surface area contributed by atoms with E-state index < -0.39 is 23.7 Å². The van der Waals surface area contributed by atoms with Crippen molar-refractivity contribution >= 4 is 5.82 Å². The van der Waals surface area contributed by atoms with Gasteiger partial charge >= 0.3 is 6.18 Å². The van der Waals surface area contributed by atoms with E-state index in [9.17, 15) is 22.7 Å². The summed E-state index contributed by atoms with van der Waals surface area (Å²) in [6, 6.07) is 1.25. The van der Waals surface area contributed by atoms with Crippen molar-refractivity contribution in [2.45, 2.75) is 75.5 Å². The molecule has 11 heteroatoms. The number of aliphatic hydroxyl groups is 1. The van der Waals surface area contributed by atoms with Crippen molar-refractivity contribution in [2.24, 2.45) is 0 Å². The summed E-state index contributed by atoms with van der Waals surface area (Å²) in [7, 11) is 1.34. The minimum absolute atomic E-state index is 0.0637. The number of anilines is 1. The van der Waals surface area contributed by atoms with Crippen LogP contribution in [-0.4, -0.2) is 47.5 Å². The van der Waals surface area contributed by atoms with Crippen molar-refractivity contribution in [2.75, 3.05) is 19.2 Å². The lowest BCUT2D eigenvalue weighted by Gasteiger charge is -2.32. The summed E-state index contributed by atoms with van der Waals surface area (Å²) in [4.78, 5) is 0. The van der Waals surface area contributed by atoms with E-state index in [-0.39, 0.29) is 42.0 Å². The van der Waals surface area contributed by atoms with Crippen LogP contribution in [0.4, 0.5) is 23.4 Å². The molecular weight excluding hydrogens is 470 g/mol. The molecule has 1 aromatic carbocycles. The van der Waals surface area contributed by atoms with Gasteiger partial charge in [-0.25, -0.2) is 4.39 Å². The first-order valence-electron chi connectivity index (χ1n) is 11.8. The van der Waals surface area contributed by atoms with Crippen molar-refractivity contribution in [1.82, 2.24) is 10.2 Å². The van der Waals surface area contributed by atoms with E-state index in [0.29, 0.717) is 24.7 Å². The number of fused-ring (bicyclic) bond motifs is 4. The first kappa shape index (κ1) is 24.2. The van der Waals surface area contributed by atoms with Crippen LogP contribution in [0.15, 0.2) is 12.1 Å². The molecule has 35 heavy (non-hydrogen) atoms. The number of alkyl halides is 3. The molecule has 7 nitrogen and oxygen atoms in total. The molecule has 5 rings (SSSR count). The highest BCUT2D eigenvalue weighted by Crippen LogP contribution is 2.48. The highest BCUT2D eigenvalue weighted by atomic mass is 19.4. The molecule has 1 aliphatic carbocycles. The zero-order valence-corrected chi connectivity index (χ0v) is 19.2. The zero-order valence-electron chi connectivity index (χ0n) is 19.2. The average Bonchev–Trinajstić information content (AvgIpc) is 3.19. The molecule has 0 spiro atoms. The maximum Gasteiger partial charge on any atom is 0.419 e. The van der Waals surface area contributed by atoms with Gasteiger partial charge < -0.3 is 24.6 Å². The number of halogens is 4. The van der Waals surface area contributed by atoms with Gasteiger partial charge in [-0.05, 0) is 43.4 Å². The number of nitrogens with zero attached hydrogens (tertiary/aromatic N) is 2. The zero-order chi connectivity index (χ0) is 24.7. The van der Waals surface area contributed by atoms with Gasteiger partial charge in [0, 0.05) is 24.7 Å². The number of nitrogens with one attached hydrogen (secondary N) is 1. The minimum Gasteiger partial charge on any atom is -0.467 e. The molecule has 4 atom stereocenters. The molecule has 1 saturated carbocycles. The second-order valence-corrected chi connectivity index (χ2v) is 9.30. The van der Waals surface area contributed by atoms with Crippen molar-refractivity contribution in [3.05, 3.63) is 34.6 Å². The van der Waals surface area contributed by atoms with Gasteiger partial charge in [0.2, 0.25) is 0 Å². The summed E-state index contributed by atoms with van der Waals surface area (Å²) in [5, 5.41) is 22.5. The van der Waals surface area contributed by atoms with Crippen LogP contribution in [0.25, 0.3) is 11.3 Å². The molecule has 2 aliphatic heterocycles. The fraction of sp³-hybridized carbons (Fsp3) is 0.583. The monoisotopic (exact) mass is 497 g/mol. The molecule has 3 heterocycles. The first-order valence-corrected chi connectivity index (χ1v) is 11.8. The van der Waals surface area contributed by atoms with E-state index in [2.05, 4.69) is 15.5 Å². The van der Waals surface area contributed by atoms with Gasteiger partial charge in [-0.1, -0.05) is 12.8 Å². The molecule has 0 amide bonds. The van der Waals surface area contributed by atoms with Crippen molar-refractivity contribution in [3.63, 3.8) is 0 Å². The summed E-state index contributed by atoms with van der Waals surface area (Å²) < 4.78 is 71.2. The number of hydrogen-bond acceptors (Lipinski definition) is 7. The Morgan fingerprint density at radius 2 is 1.94 bits per heavy atom. The standard InChI is InChI=1S/C24H27F4N3O4/c1-33-11-34-20-10-15(24(26,27)28)16(25)9-13(20)22-14-8-12-6-7-19(35-12)21(14)23(31-30-22)29-17-4-2-3-5-18(17)32/h9-10,12,17-19,32H,2-8,11H2,1H3,(H,29,31)/t12-,17-,18-,19+/m1/s1. The first-order chi connectivity index (χ1) is 16.8. The third-order valence-corrected chi connectivity index (χ3v) is 6.99. The number of benzene rings is 1. The van der Waals surface area contributed by atoms with Crippen LogP contribution in [0.1, 0.15) is 61.3 Å². The lowest BCUT2D eigenvalue weighted by molar-refractivity contribution is -0.140. The quantitative estimate of drug-likeness (QED) is 0.439. The topological polar surface area (TPSA) is 85.7 Å². The highest BCUT2D eigenvalue weighted by molar-refractivity contribution is 5.74. The molecule has 1 aromatic heterocycles. The predicted molar refractivity (Wildman–Crippen MR) is 117 cm³/mol. The van der Waals surface area contributed by atoms with Crippen LogP contribution in [0.3, 0.4) is 0 Å². The number of aromatic nitrogens is 2. The van der Waals surface area contributed by atoms with Gasteiger partial charge in [0.25, 0.3) is 0 Å². The Kier molecular flexibility index (Phi) is 6.58. The molecule has 0 radical (unpaired) electrons. The highest BCUT2D eigenvalue weighted by Gasteiger charge is 2.40. The number of hydrogen-bond donors (Lipinski definition) is 2. The number of methoxy groups -OCH3 is 1. The third kappa shape index (κ3) is 4.68. The summed E-state index contributed by atoms with van der Waals surface area (Å²) in [5.74, 6) is -1.12. The smallest absolute Gasteiger partial charge is 0.419 e. The van der Waals surface area contributed by atoms with E-state index in [1.54, 1.807) is 0 Å². The van der Waals surface area contributed by atoms with E-state index >= 15 is 0 Å². The van der Waals surface area contributed by atoms with Crippen LogP contribution in [-0.2, 0) is 22.1 Å². The van der Waals surface area contributed by atoms with Crippen LogP contribution in [0.5, 0.6) is 5.75 Å². The SMILES string of the molecule is COCOc1cc(C(F)(F)F)c(F)cc1-c1nnc(N[C@@H]2CCCC[C@H]2O)c2c1C[C@H]1CC[C@@H]2O1. The maximum absolute atomic E-state index is 14.6.